The number of carbonyl (C=O) groups is 3. The first-order valence-electron chi connectivity index (χ1n) is 11.0. The zero-order chi connectivity index (χ0) is 23.1. The van der Waals surface area contributed by atoms with Crippen molar-refractivity contribution in [2.75, 3.05) is 26.8 Å². The van der Waals surface area contributed by atoms with Crippen molar-refractivity contribution in [1.29, 1.82) is 0 Å². The van der Waals surface area contributed by atoms with Crippen LogP contribution in [0.1, 0.15) is 55.3 Å². The average molecular weight is 467 g/mol. The van der Waals surface area contributed by atoms with Gasteiger partial charge in [0.15, 0.2) is 18.1 Å². The van der Waals surface area contributed by atoms with Crippen LogP contribution >= 0.6 is 11.6 Å². The molecule has 4 amide bonds. The number of methoxy groups -OCH3 is 1. The number of nitrogens with zero attached hydrogens (tertiary/aromatic N) is 1. The van der Waals surface area contributed by atoms with Gasteiger partial charge >= 0.3 is 6.03 Å². The number of ether oxygens (including phenoxy) is 2. The number of hydrogen-bond donors (Lipinski definition) is 3. The second-order valence-electron chi connectivity index (χ2n) is 8.26. The molecule has 10 heteroatoms. The van der Waals surface area contributed by atoms with Gasteiger partial charge in [-0.2, -0.15) is 0 Å². The first-order chi connectivity index (χ1) is 15.4. The van der Waals surface area contributed by atoms with E-state index in [4.69, 9.17) is 26.8 Å². The highest BCUT2D eigenvalue weighted by Gasteiger charge is 2.26. The number of piperidine rings is 1. The van der Waals surface area contributed by atoms with Gasteiger partial charge in [-0.25, -0.2) is 4.79 Å². The summed E-state index contributed by atoms with van der Waals surface area (Å²) >= 11 is 6.23. The third kappa shape index (κ3) is 6.41. The standard InChI is InChI=1S/C22H31ClN4O5/c1-31-18-12-14(11-17(23)20(18)32-13-19(24)28)21(29)25-16-7-9-27(10-8-16)22(30)26-15-5-3-2-4-6-15/h11-12,15-16H,2-10,13H2,1H3,(H2,24,28)(H,25,29)(H,26,30). The molecule has 1 aliphatic carbocycles. The number of rotatable bonds is 7. The fourth-order valence-electron chi connectivity index (χ4n) is 4.14. The summed E-state index contributed by atoms with van der Waals surface area (Å²) in [6.45, 7) is 0.829. The molecular formula is C22H31ClN4O5. The minimum atomic E-state index is -0.649. The van der Waals surface area contributed by atoms with Crippen molar-refractivity contribution in [2.24, 2.45) is 5.73 Å². The zero-order valence-electron chi connectivity index (χ0n) is 18.3. The van der Waals surface area contributed by atoms with E-state index in [0.29, 0.717) is 31.5 Å². The van der Waals surface area contributed by atoms with Gasteiger partial charge in [0, 0.05) is 30.7 Å². The monoisotopic (exact) mass is 466 g/mol. The van der Waals surface area contributed by atoms with Crippen LogP contribution in [0, 0.1) is 0 Å². The van der Waals surface area contributed by atoms with Crippen molar-refractivity contribution in [1.82, 2.24) is 15.5 Å². The van der Waals surface area contributed by atoms with Crippen molar-refractivity contribution in [2.45, 2.75) is 57.0 Å². The second-order valence-corrected chi connectivity index (χ2v) is 8.67. The van der Waals surface area contributed by atoms with E-state index in [1.165, 1.54) is 38.5 Å². The van der Waals surface area contributed by atoms with E-state index < -0.39 is 5.91 Å². The topological polar surface area (TPSA) is 123 Å². The SMILES string of the molecule is COc1cc(C(=O)NC2CCN(C(=O)NC3CCCCC3)CC2)cc(Cl)c1OCC(N)=O. The molecule has 4 N–H and O–H groups in total. The summed E-state index contributed by atoms with van der Waals surface area (Å²) in [6, 6.07) is 3.19. The Morgan fingerprint density at radius 2 is 1.72 bits per heavy atom. The lowest BCUT2D eigenvalue weighted by molar-refractivity contribution is -0.119. The first-order valence-corrected chi connectivity index (χ1v) is 11.4. The Morgan fingerprint density at radius 3 is 2.34 bits per heavy atom. The highest BCUT2D eigenvalue weighted by Crippen LogP contribution is 2.36. The van der Waals surface area contributed by atoms with Crippen molar-refractivity contribution in [3.8, 4) is 11.5 Å². The van der Waals surface area contributed by atoms with Crippen LogP contribution < -0.4 is 25.8 Å². The molecule has 1 saturated heterocycles. The van der Waals surface area contributed by atoms with Gasteiger partial charge in [0.05, 0.1) is 12.1 Å². The number of benzene rings is 1. The number of urea groups is 1. The maximum absolute atomic E-state index is 12.8. The Hall–Kier alpha value is -2.68. The molecule has 2 aliphatic rings. The fourth-order valence-corrected chi connectivity index (χ4v) is 4.41. The molecule has 1 aromatic rings. The van der Waals surface area contributed by atoms with Crippen molar-refractivity contribution >= 4 is 29.4 Å². The number of nitrogens with one attached hydrogen (secondary N) is 2. The molecule has 2 fully saturated rings. The molecule has 0 radical (unpaired) electrons. The van der Waals surface area contributed by atoms with Crippen LogP contribution in [0.3, 0.4) is 0 Å². The van der Waals surface area contributed by atoms with Gasteiger partial charge in [-0.1, -0.05) is 30.9 Å². The van der Waals surface area contributed by atoms with Crippen LogP contribution in [0.2, 0.25) is 5.02 Å². The zero-order valence-corrected chi connectivity index (χ0v) is 19.1. The van der Waals surface area contributed by atoms with Gasteiger partial charge in [-0.15, -0.1) is 0 Å². The maximum Gasteiger partial charge on any atom is 0.317 e. The molecule has 0 bridgehead atoms. The van der Waals surface area contributed by atoms with Crippen LogP contribution in [0.4, 0.5) is 4.79 Å². The summed E-state index contributed by atoms with van der Waals surface area (Å²) in [5.41, 5.74) is 5.41. The number of hydrogen-bond acceptors (Lipinski definition) is 5. The van der Waals surface area contributed by atoms with E-state index in [1.54, 1.807) is 0 Å². The molecule has 0 atom stereocenters. The van der Waals surface area contributed by atoms with Gasteiger partial charge in [0.25, 0.3) is 11.8 Å². The summed E-state index contributed by atoms with van der Waals surface area (Å²) in [5.74, 6) is -0.555. The molecule has 0 unspecified atom stereocenters. The minimum Gasteiger partial charge on any atom is -0.493 e. The third-order valence-electron chi connectivity index (χ3n) is 5.90. The number of carbonyl (C=O) groups excluding carboxylic acids is 3. The predicted octanol–water partition coefficient (Wildman–Crippen LogP) is 2.45. The number of primary amides is 1. The Bertz CT molecular complexity index is 836. The fraction of sp³-hybridized carbons (Fsp3) is 0.591. The molecular weight excluding hydrogens is 436 g/mol. The van der Waals surface area contributed by atoms with Gasteiger partial charge in [0.2, 0.25) is 0 Å². The summed E-state index contributed by atoms with van der Waals surface area (Å²) in [4.78, 5) is 38.1. The van der Waals surface area contributed by atoms with Gasteiger partial charge in [-0.3, -0.25) is 9.59 Å². The Balaban J connectivity index is 1.52. The average Bonchev–Trinajstić information content (AvgIpc) is 2.78. The van der Waals surface area contributed by atoms with Crippen molar-refractivity contribution in [3.05, 3.63) is 22.7 Å². The van der Waals surface area contributed by atoms with Crippen LogP contribution in [-0.4, -0.2) is 61.6 Å². The van der Waals surface area contributed by atoms with Gasteiger partial charge < -0.3 is 30.7 Å². The lowest BCUT2D eigenvalue weighted by Gasteiger charge is -2.34. The molecule has 3 rings (SSSR count). The molecule has 1 heterocycles. The lowest BCUT2D eigenvalue weighted by Crippen LogP contribution is -2.51. The molecule has 1 aromatic carbocycles. The lowest BCUT2D eigenvalue weighted by atomic mass is 9.95. The van der Waals surface area contributed by atoms with Crippen LogP contribution in [0.15, 0.2) is 12.1 Å². The van der Waals surface area contributed by atoms with Gasteiger partial charge in [-0.05, 0) is 37.8 Å². The van der Waals surface area contributed by atoms with Crippen molar-refractivity contribution in [3.63, 3.8) is 0 Å². The van der Waals surface area contributed by atoms with E-state index in [2.05, 4.69) is 10.6 Å². The molecule has 176 valence electrons. The van der Waals surface area contributed by atoms with E-state index in [9.17, 15) is 14.4 Å². The third-order valence-corrected chi connectivity index (χ3v) is 6.18. The highest BCUT2D eigenvalue weighted by atomic mass is 35.5. The normalized spacial score (nSPS) is 17.5. The predicted molar refractivity (Wildman–Crippen MR) is 120 cm³/mol. The number of nitrogens with two attached hydrogens (primary N) is 1. The van der Waals surface area contributed by atoms with Crippen LogP contribution in [-0.2, 0) is 4.79 Å². The largest absolute Gasteiger partial charge is 0.493 e. The molecule has 1 saturated carbocycles. The Labute approximate surface area is 192 Å². The van der Waals surface area contributed by atoms with Crippen LogP contribution in [0.25, 0.3) is 0 Å². The van der Waals surface area contributed by atoms with Crippen molar-refractivity contribution < 1.29 is 23.9 Å². The maximum atomic E-state index is 12.8. The highest BCUT2D eigenvalue weighted by molar-refractivity contribution is 6.32. The van der Waals surface area contributed by atoms with E-state index >= 15 is 0 Å². The molecule has 0 aromatic heterocycles. The molecule has 0 spiro atoms. The summed E-state index contributed by atoms with van der Waals surface area (Å²) in [7, 11) is 1.42. The summed E-state index contributed by atoms with van der Waals surface area (Å²) in [5, 5.41) is 6.28. The quantitative estimate of drug-likeness (QED) is 0.569. The first kappa shape index (κ1) is 24.0. The van der Waals surface area contributed by atoms with E-state index in [-0.39, 0.29) is 47.2 Å². The van der Waals surface area contributed by atoms with E-state index in [0.717, 1.165) is 12.8 Å². The molecule has 32 heavy (non-hydrogen) atoms. The Kier molecular flexibility index (Phi) is 8.44. The number of likely N-dealkylation sites (tertiary alicyclic amines) is 1. The summed E-state index contributed by atoms with van der Waals surface area (Å²) < 4.78 is 10.5. The molecule has 1 aliphatic heterocycles. The number of halogens is 1. The molecule has 9 nitrogen and oxygen atoms in total. The minimum absolute atomic E-state index is 0.00950. The smallest absolute Gasteiger partial charge is 0.317 e. The van der Waals surface area contributed by atoms with E-state index in [1.807, 2.05) is 4.90 Å². The van der Waals surface area contributed by atoms with Gasteiger partial charge in [0.1, 0.15) is 0 Å². The number of amides is 4. The summed E-state index contributed by atoms with van der Waals surface area (Å²) in [6.07, 6.45) is 7.05. The Morgan fingerprint density at radius 1 is 1.06 bits per heavy atom. The second kappa shape index (κ2) is 11.3. The van der Waals surface area contributed by atoms with Crippen LogP contribution in [0.5, 0.6) is 11.5 Å².